The molecular formula is C35H36ClN7O3S. The summed E-state index contributed by atoms with van der Waals surface area (Å²) in [4.78, 5) is 34.5. The minimum Gasteiger partial charge on any atom is -0.465 e. The maximum Gasteiger partial charge on any atom is 0.339 e. The van der Waals surface area contributed by atoms with E-state index in [1.807, 2.05) is 43.3 Å². The molecule has 242 valence electrons. The zero-order chi connectivity index (χ0) is 33.2. The van der Waals surface area contributed by atoms with Crippen LogP contribution in [0.4, 0.5) is 5.69 Å². The fourth-order valence-corrected chi connectivity index (χ4v) is 7.48. The van der Waals surface area contributed by atoms with Gasteiger partial charge >= 0.3 is 5.97 Å². The molecule has 2 aromatic carbocycles. The molecule has 1 fully saturated rings. The number of nitrogens with two attached hydrogens (primary N) is 1. The zero-order valence-electron chi connectivity index (χ0n) is 26.8. The monoisotopic (exact) mass is 669 g/mol. The highest BCUT2D eigenvalue weighted by Crippen LogP contribution is 2.39. The molecule has 0 saturated carbocycles. The molecule has 1 atom stereocenters. The van der Waals surface area contributed by atoms with Crippen LogP contribution >= 0.6 is 22.9 Å². The van der Waals surface area contributed by atoms with E-state index in [4.69, 9.17) is 27.1 Å². The van der Waals surface area contributed by atoms with Crippen LogP contribution in [0.5, 0.6) is 0 Å². The number of anilines is 1. The summed E-state index contributed by atoms with van der Waals surface area (Å²) in [5, 5.41) is 13.8. The number of benzene rings is 2. The highest BCUT2D eigenvalue weighted by atomic mass is 35.5. The van der Waals surface area contributed by atoms with Gasteiger partial charge in [0, 0.05) is 51.4 Å². The maximum atomic E-state index is 13.6. The van der Waals surface area contributed by atoms with Crippen LogP contribution in [0.3, 0.4) is 0 Å². The lowest BCUT2D eigenvalue weighted by Gasteiger charge is -2.34. The third-order valence-electron chi connectivity index (χ3n) is 8.69. The Morgan fingerprint density at radius 3 is 2.55 bits per heavy atom. The van der Waals surface area contributed by atoms with Crippen molar-refractivity contribution < 1.29 is 14.3 Å². The molecule has 4 heterocycles. The van der Waals surface area contributed by atoms with E-state index >= 15 is 0 Å². The Hall–Kier alpha value is -4.50. The van der Waals surface area contributed by atoms with Crippen LogP contribution in [-0.2, 0) is 9.53 Å². The summed E-state index contributed by atoms with van der Waals surface area (Å²) in [6.45, 7) is 7.81. The Morgan fingerprint density at radius 1 is 1.11 bits per heavy atom. The topological polar surface area (TPSA) is 128 Å². The molecule has 1 amide bonds. The molecule has 0 spiro atoms. The number of aryl methyl sites for hydroxylation is 2. The van der Waals surface area contributed by atoms with Crippen molar-refractivity contribution in [3.05, 3.63) is 91.8 Å². The number of fused-ring (bicyclic) bond motifs is 3. The number of hydrogen-bond donors (Lipinski definition) is 2. The van der Waals surface area contributed by atoms with Gasteiger partial charge in [0.25, 0.3) is 0 Å². The lowest BCUT2D eigenvalue weighted by molar-refractivity contribution is -0.122. The first-order valence-corrected chi connectivity index (χ1v) is 16.7. The van der Waals surface area contributed by atoms with Gasteiger partial charge in [-0.15, -0.1) is 21.5 Å². The zero-order valence-corrected chi connectivity index (χ0v) is 28.3. The summed E-state index contributed by atoms with van der Waals surface area (Å²) in [6.07, 6.45) is 1.67. The lowest BCUT2D eigenvalue weighted by atomic mass is 9.99. The number of nitrogens with one attached hydrogen (secondary N) is 1. The Kier molecular flexibility index (Phi) is 9.45. The quantitative estimate of drug-likeness (QED) is 0.217. The Balaban J connectivity index is 1.20. The van der Waals surface area contributed by atoms with E-state index in [1.54, 1.807) is 17.4 Å². The second-order valence-electron chi connectivity index (χ2n) is 11.7. The maximum absolute atomic E-state index is 13.6. The minimum atomic E-state index is -0.525. The van der Waals surface area contributed by atoms with Crippen LogP contribution in [0.2, 0.25) is 5.02 Å². The number of piperidine rings is 1. The molecular weight excluding hydrogens is 634 g/mol. The van der Waals surface area contributed by atoms with Crippen molar-refractivity contribution in [2.45, 2.75) is 52.1 Å². The molecule has 4 aromatic rings. The molecule has 10 nitrogen and oxygen atoms in total. The van der Waals surface area contributed by atoms with Gasteiger partial charge in [-0.1, -0.05) is 35.6 Å². The molecule has 3 N–H and O–H groups in total. The van der Waals surface area contributed by atoms with Gasteiger partial charge in [-0.25, -0.2) is 4.79 Å². The number of amides is 1. The summed E-state index contributed by atoms with van der Waals surface area (Å²) < 4.78 is 6.97. The van der Waals surface area contributed by atoms with Crippen LogP contribution in [-0.4, -0.2) is 65.1 Å². The molecule has 47 heavy (non-hydrogen) atoms. The van der Waals surface area contributed by atoms with Gasteiger partial charge in [-0.3, -0.25) is 14.4 Å². The fourth-order valence-electron chi connectivity index (χ4n) is 6.14. The molecule has 2 aromatic heterocycles. The van der Waals surface area contributed by atoms with Crippen molar-refractivity contribution in [3.63, 3.8) is 0 Å². The van der Waals surface area contributed by atoms with Crippen molar-refractivity contribution >= 4 is 46.2 Å². The molecule has 6 rings (SSSR count). The van der Waals surface area contributed by atoms with E-state index in [-0.39, 0.29) is 24.9 Å². The van der Waals surface area contributed by atoms with E-state index in [1.165, 1.54) is 12.0 Å². The van der Waals surface area contributed by atoms with Gasteiger partial charge < -0.3 is 20.7 Å². The van der Waals surface area contributed by atoms with Gasteiger partial charge in [-0.05, 0) is 69.5 Å². The number of ether oxygens (including phenoxy) is 1. The third-order valence-corrected chi connectivity index (χ3v) is 10.1. The van der Waals surface area contributed by atoms with Crippen LogP contribution in [0.15, 0.2) is 47.5 Å². The first-order chi connectivity index (χ1) is 22.7. The van der Waals surface area contributed by atoms with Gasteiger partial charge in [0.15, 0.2) is 5.82 Å². The normalized spacial score (nSPS) is 15.9. The fraction of sp³-hybridized carbons (Fsp3) is 0.343. The van der Waals surface area contributed by atoms with E-state index in [2.05, 4.69) is 50.7 Å². The molecule has 2 aliphatic heterocycles. The van der Waals surface area contributed by atoms with Crippen LogP contribution < -0.4 is 16.0 Å². The Labute approximate surface area is 283 Å². The second-order valence-corrected chi connectivity index (χ2v) is 13.3. The third kappa shape index (κ3) is 6.54. The number of nitrogens with zero attached hydrogens (tertiary/aromatic N) is 5. The molecule has 0 unspecified atom stereocenters. The number of aliphatic imine (C=N–C) groups is 1. The Bertz CT molecular complexity index is 1930. The SMILES string of the molecule is COC(=O)c1ccc(N2CCC(NC(=O)C[C@@H]3N=C(c4ccc(Cl)cc4)c4c(sc(C)c4C)-n4c(C)nnc43)CC2)cc1C#CCN. The minimum absolute atomic E-state index is 0.0150. The first-order valence-electron chi connectivity index (χ1n) is 15.5. The first kappa shape index (κ1) is 32.4. The van der Waals surface area contributed by atoms with E-state index in [0.29, 0.717) is 22.0 Å². The number of esters is 1. The van der Waals surface area contributed by atoms with Gasteiger partial charge in [0.1, 0.15) is 16.9 Å². The average molecular weight is 670 g/mol. The standard InChI is InChI=1S/C35H36ClN7O3S/c1-20-21(2)47-34-31(20)32(23-7-9-25(36)10-8-23)39-29(33-41-40-22(3)43(33)34)19-30(44)38-26-13-16-42(17-14-26)27-11-12-28(35(45)46-4)24(18-27)6-5-15-37/h7-12,18,26,29H,13-17,19,37H2,1-4H3,(H,38,44)/t29-/m0/s1. The number of hydrogen-bond acceptors (Lipinski definition) is 9. The summed E-state index contributed by atoms with van der Waals surface area (Å²) in [6, 6.07) is 12.7. The molecule has 2 aliphatic rings. The highest BCUT2D eigenvalue weighted by Gasteiger charge is 2.33. The molecule has 0 radical (unpaired) electrons. The molecule has 0 aliphatic carbocycles. The van der Waals surface area contributed by atoms with Crippen molar-refractivity contribution in [2.75, 3.05) is 31.6 Å². The van der Waals surface area contributed by atoms with Gasteiger partial charge in [0.2, 0.25) is 5.91 Å². The summed E-state index contributed by atoms with van der Waals surface area (Å²) >= 11 is 7.92. The summed E-state index contributed by atoms with van der Waals surface area (Å²) in [7, 11) is 1.35. The van der Waals surface area contributed by atoms with E-state index < -0.39 is 12.0 Å². The van der Waals surface area contributed by atoms with Gasteiger partial charge in [-0.2, -0.15) is 0 Å². The predicted molar refractivity (Wildman–Crippen MR) is 185 cm³/mol. The summed E-state index contributed by atoms with van der Waals surface area (Å²) in [5.41, 5.74) is 11.5. The average Bonchev–Trinajstić information content (AvgIpc) is 3.55. The highest BCUT2D eigenvalue weighted by molar-refractivity contribution is 7.15. The number of aromatic nitrogens is 3. The van der Waals surface area contributed by atoms with Crippen LogP contribution in [0.1, 0.15) is 74.4 Å². The van der Waals surface area contributed by atoms with Gasteiger partial charge in [0.05, 0.1) is 31.4 Å². The number of halogens is 1. The predicted octanol–water partition coefficient (Wildman–Crippen LogP) is 5.07. The van der Waals surface area contributed by atoms with Crippen molar-refractivity contribution in [2.24, 2.45) is 10.7 Å². The summed E-state index contributed by atoms with van der Waals surface area (Å²) in [5.74, 6) is 6.71. The Morgan fingerprint density at radius 2 is 1.85 bits per heavy atom. The molecule has 0 bridgehead atoms. The number of carbonyl (C=O) groups excluding carboxylic acids is 2. The van der Waals surface area contributed by atoms with Crippen LogP contribution in [0.25, 0.3) is 5.00 Å². The number of carbonyl (C=O) groups is 2. The van der Waals surface area contributed by atoms with Crippen molar-refractivity contribution in [1.82, 2.24) is 20.1 Å². The number of methoxy groups -OCH3 is 1. The number of thiophene rings is 1. The van der Waals surface area contributed by atoms with E-state index in [0.717, 1.165) is 64.8 Å². The van der Waals surface area contributed by atoms with E-state index in [9.17, 15) is 9.59 Å². The number of rotatable bonds is 6. The van der Waals surface area contributed by atoms with Crippen LogP contribution in [0, 0.1) is 32.6 Å². The molecule has 1 saturated heterocycles. The lowest BCUT2D eigenvalue weighted by Crippen LogP contribution is -2.45. The molecule has 12 heteroatoms. The van der Waals surface area contributed by atoms with Crippen molar-refractivity contribution in [1.29, 1.82) is 0 Å². The largest absolute Gasteiger partial charge is 0.465 e. The second kappa shape index (κ2) is 13.7. The smallest absolute Gasteiger partial charge is 0.339 e. The van der Waals surface area contributed by atoms with Crippen molar-refractivity contribution in [3.8, 4) is 16.8 Å².